The molecule has 0 radical (unpaired) electrons. The summed E-state index contributed by atoms with van der Waals surface area (Å²) >= 11 is 0. The number of carbonyl (C=O) groups is 2. The van der Waals surface area contributed by atoms with E-state index in [1.54, 1.807) is 0 Å². The monoisotopic (exact) mass is 270 g/mol. The Bertz CT molecular complexity index is 297. The summed E-state index contributed by atoms with van der Waals surface area (Å²) in [6.45, 7) is 3.73. The Morgan fingerprint density at radius 3 is 2.21 bits per heavy atom. The largest absolute Gasteiger partial charge is 0.480 e. The third kappa shape index (κ3) is 6.05. The van der Waals surface area contributed by atoms with E-state index in [9.17, 15) is 9.59 Å². The summed E-state index contributed by atoms with van der Waals surface area (Å²) in [7, 11) is 0. The number of carboxylic acid groups (broad SMARTS) is 1. The maximum absolute atomic E-state index is 11.8. The highest BCUT2D eigenvalue weighted by molar-refractivity contribution is 5.80. The van der Waals surface area contributed by atoms with Crippen LogP contribution in [0.25, 0.3) is 0 Å². The van der Waals surface area contributed by atoms with E-state index in [0.29, 0.717) is 0 Å². The predicted molar refractivity (Wildman–Crippen MR) is 73.9 cm³/mol. The molecule has 5 nitrogen and oxygen atoms in total. The Hall–Kier alpha value is -1.10. The second-order valence-electron chi connectivity index (χ2n) is 5.70. The van der Waals surface area contributed by atoms with Crippen LogP contribution in [0.4, 0.5) is 0 Å². The van der Waals surface area contributed by atoms with Gasteiger partial charge in [0.1, 0.15) is 6.04 Å². The fourth-order valence-electron chi connectivity index (χ4n) is 2.51. The average Bonchev–Trinajstić information content (AvgIpc) is 2.56. The summed E-state index contributed by atoms with van der Waals surface area (Å²) in [4.78, 5) is 22.8. The predicted octanol–water partition coefficient (Wildman–Crippen LogP) is 1.52. The fraction of sp³-hybridized carbons (Fsp3) is 0.857. The lowest BCUT2D eigenvalue weighted by molar-refractivity contribution is -0.140. The summed E-state index contributed by atoms with van der Waals surface area (Å²) in [6, 6.07) is -0.404. The molecule has 3 N–H and O–H groups in total. The van der Waals surface area contributed by atoms with Crippen molar-refractivity contribution in [3.63, 3.8) is 0 Å². The second-order valence-corrected chi connectivity index (χ2v) is 5.70. The van der Waals surface area contributed by atoms with E-state index in [0.717, 1.165) is 12.8 Å². The molecule has 5 heteroatoms. The van der Waals surface area contributed by atoms with Gasteiger partial charge in [-0.15, -0.1) is 0 Å². The molecule has 0 aromatic carbocycles. The molecule has 1 unspecified atom stereocenters. The zero-order chi connectivity index (χ0) is 14.3. The van der Waals surface area contributed by atoms with Crippen molar-refractivity contribution in [2.24, 2.45) is 5.92 Å². The first-order chi connectivity index (χ1) is 9.00. The zero-order valence-electron chi connectivity index (χ0n) is 11.9. The van der Waals surface area contributed by atoms with Crippen LogP contribution >= 0.6 is 0 Å². The van der Waals surface area contributed by atoms with Crippen LogP contribution in [0.5, 0.6) is 0 Å². The number of hydrogen-bond acceptors (Lipinski definition) is 3. The lowest BCUT2D eigenvalue weighted by Gasteiger charge is -2.20. The Labute approximate surface area is 115 Å². The van der Waals surface area contributed by atoms with E-state index < -0.39 is 12.0 Å². The van der Waals surface area contributed by atoms with Gasteiger partial charge in [-0.2, -0.15) is 0 Å². The van der Waals surface area contributed by atoms with E-state index in [1.165, 1.54) is 25.7 Å². The van der Waals surface area contributed by atoms with Crippen LogP contribution in [0.3, 0.4) is 0 Å². The minimum atomic E-state index is -0.905. The number of carboxylic acids is 1. The number of amides is 1. The minimum absolute atomic E-state index is 0.0387. The van der Waals surface area contributed by atoms with E-state index in [4.69, 9.17) is 5.11 Å². The number of nitrogens with one attached hydrogen (secondary N) is 2. The molecule has 1 aliphatic rings. The molecule has 1 amide bonds. The zero-order valence-corrected chi connectivity index (χ0v) is 11.9. The molecule has 1 aliphatic carbocycles. The van der Waals surface area contributed by atoms with E-state index >= 15 is 0 Å². The van der Waals surface area contributed by atoms with Gasteiger partial charge >= 0.3 is 5.97 Å². The van der Waals surface area contributed by atoms with Crippen LogP contribution in [-0.2, 0) is 9.59 Å². The lowest BCUT2D eigenvalue weighted by atomic mass is 10.0. The van der Waals surface area contributed by atoms with Crippen molar-refractivity contribution in [1.82, 2.24) is 10.6 Å². The van der Waals surface area contributed by atoms with Gasteiger partial charge in [-0.25, -0.2) is 0 Å². The molecular weight excluding hydrogens is 244 g/mol. The van der Waals surface area contributed by atoms with Gasteiger partial charge < -0.3 is 10.4 Å². The fourth-order valence-corrected chi connectivity index (χ4v) is 2.51. The van der Waals surface area contributed by atoms with Gasteiger partial charge in [0.25, 0.3) is 0 Å². The van der Waals surface area contributed by atoms with E-state index in [-0.39, 0.29) is 24.4 Å². The maximum atomic E-state index is 11.8. The van der Waals surface area contributed by atoms with Crippen molar-refractivity contribution in [2.45, 2.75) is 64.5 Å². The van der Waals surface area contributed by atoms with E-state index in [2.05, 4.69) is 10.6 Å². The lowest BCUT2D eigenvalue weighted by Crippen LogP contribution is -2.47. The molecule has 19 heavy (non-hydrogen) atoms. The first kappa shape index (κ1) is 16.0. The summed E-state index contributed by atoms with van der Waals surface area (Å²) < 4.78 is 0. The maximum Gasteiger partial charge on any atom is 0.320 e. The van der Waals surface area contributed by atoms with Gasteiger partial charge in [0, 0.05) is 6.04 Å². The van der Waals surface area contributed by atoms with Gasteiger partial charge in [-0.1, -0.05) is 39.5 Å². The summed E-state index contributed by atoms with van der Waals surface area (Å²) in [5, 5.41) is 14.8. The smallest absolute Gasteiger partial charge is 0.320 e. The van der Waals surface area contributed by atoms with Crippen LogP contribution < -0.4 is 10.6 Å². The average molecular weight is 270 g/mol. The highest BCUT2D eigenvalue weighted by Crippen LogP contribution is 2.16. The molecule has 110 valence electrons. The van der Waals surface area contributed by atoms with Gasteiger partial charge in [-0.3, -0.25) is 14.9 Å². The van der Waals surface area contributed by atoms with Gasteiger partial charge in [0.15, 0.2) is 0 Å². The van der Waals surface area contributed by atoms with Crippen molar-refractivity contribution < 1.29 is 14.7 Å². The normalized spacial score (nSPS) is 18.9. The molecule has 0 bridgehead atoms. The topological polar surface area (TPSA) is 78.4 Å². The van der Waals surface area contributed by atoms with Crippen LogP contribution in [0.15, 0.2) is 0 Å². The summed E-state index contributed by atoms with van der Waals surface area (Å²) in [6.07, 6.45) is 6.92. The highest BCUT2D eigenvalue weighted by Gasteiger charge is 2.22. The third-order valence-electron chi connectivity index (χ3n) is 3.64. The number of rotatable bonds is 6. The van der Waals surface area contributed by atoms with Crippen LogP contribution in [0.1, 0.15) is 52.4 Å². The Morgan fingerprint density at radius 1 is 1.16 bits per heavy atom. The molecule has 1 rings (SSSR count). The first-order valence-corrected chi connectivity index (χ1v) is 7.26. The van der Waals surface area contributed by atoms with Crippen molar-refractivity contribution in [1.29, 1.82) is 0 Å². The first-order valence-electron chi connectivity index (χ1n) is 7.26. The molecular formula is C14H26N2O3. The van der Waals surface area contributed by atoms with Crippen LogP contribution in [-0.4, -0.2) is 35.6 Å². The molecule has 0 aliphatic heterocycles. The summed E-state index contributed by atoms with van der Waals surface area (Å²) in [5.74, 6) is -1.04. The Morgan fingerprint density at radius 2 is 1.74 bits per heavy atom. The third-order valence-corrected chi connectivity index (χ3v) is 3.64. The number of aliphatic carboxylic acids is 1. The molecule has 0 aromatic rings. The number of hydrogen-bond donors (Lipinski definition) is 3. The van der Waals surface area contributed by atoms with Crippen molar-refractivity contribution in [3.05, 3.63) is 0 Å². The standard InChI is InChI=1S/C14H26N2O3/c1-10(2)13(14(18)19)15-9-12(17)16-11-7-5-3-4-6-8-11/h10-11,13,15H,3-9H2,1-2H3,(H,16,17)(H,18,19). The SMILES string of the molecule is CC(C)C(NCC(=O)NC1CCCCCC1)C(=O)O. The molecule has 1 atom stereocenters. The molecule has 0 saturated heterocycles. The van der Waals surface area contributed by atoms with Gasteiger partial charge in [-0.05, 0) is 18.8 Å². The van der Waals surface area contributed by atoms with Crippen molar-refractivity contribution in [2.75, 3.05) is 6.54 Å². The van der Waals surface area contributed by atoms with Gasteiger partial charge in [0.05, 0.1) is 6.54 Å². The molecule has 1 fully saturated rings. The molecule has 0 spiro atoms. The molecule has 0 heterocycles. The second kappa shape index (κ2) is 8.15. The summed E-state index contributed by atoms with van der Waals surface area (Å²) in [5.41, 5.74) is 0. The minimum Gasteiger partial charge on any atom is -0.480 e. The van der Waals surface area contributed by atoms with Crippen LogP contribution in [0.2, 0.25) is 0 Å². The van der Waals surface area contributed by atoms with Gasteiger partial charge in [0.2, 0.25) is 5.91 Å². The highest BCUT2D eigenvalue weighted by atomic mass is 16.4. The van der Waals surface area contributed by atoms with Crippen LogP contribution in [0, 0.1) is 5.92 Å². The molecule has 0 aromatic heterocycles. The van der Waals surface area contributed by atoms with E-state index in [1.807, 2.05) is 13.8 Å². The quantitative estimate of drug-likeness (QED) is 0.639. The van der Waals surface area contributed by atoms with Crippen molar-refractivity contribution >= 4 is 11.9 Å². The Kier molecular flexibility index (Phi) is 6.84. The Balaban J connectivity index is 2.31. The number of carbonyl (C=O) groups excluding carboxylic acids is 1. The van der Waals surface area contributed by atoms with Crippen molar-refractivity contribution in [3.8, 4) is 0 Å². The molecule has 1 saturated carbocycles.